The first-order valence-corrected chi connectivity index (χ1v) is 8.04. The van der Waals surface area contributed by atoms with Gasteiger partial charge in [-0.25, -0.2) is 0 Å². The molecule has 0 saturated carbocycles. The van der Waals surface area contributed by atoms with Crippen molar-refractivity contribution in [3.63, 3.8) is 0 Å². The topological polar surface area (TPSA) is 0 Å². The summed E-state index contributed by atoms with van der Waals surface area (Å²) in [5, 5.41) is 0. The molecule has 1 aromatic carbocycles. The maximum Gasteiger partial charge on any atom is 0.0474 e. The molecule has 0 radical (unpaired) electrons. The highest BCUT2D eigenvalue weighted by Gasteiger charge is 1.96. The Hall–Kier alpha value is -0.490. The highest BCUT2D eigenvalue weighted by atomic mass is 35.5. The molecule has 18 heavy (non-hydrogen) atoms. The van der Waals surface area contributed by atoms with Crippen LogP contribution in [0.25, 0.3) is 0 Å². The van der Waals surface area contributed by atoms with Gasteiger partial charge in [-0.15, -0.1) is 11.6 Å². The Balaban J connectivity index is 2.03. The molecule has 0 aliphatic carbocycles. The molecule has 0 fully saturated rings. The van der Waals surface area contributed by atoms with Gasteiger partial charge in [-0.05, 0) is 24.0 Å². The molecule has 1 heteroatoms. The third kappa shape index (κ3) is 7.06. The van der Waals surface area contributed by atoms with Gasteiger partial charge in [0.15, 0.2) is 0 Å². The second kappa shape index (κ2) is 10.4. The van der Waals surface area contributed by atoms with E-state index in [-0.39, 0.29) is 0 Å². The van der Waals surface area contributed by atoms with Crippen molar-refractivity contribution in [1.82, 2.24) is 0 Å². The normalized spacial score (nSPS) is 10.8. The van der Waals surface area contributed by atoms with E-state index >= 15 is 0 Å². The van der Waals surface area contributed by atoms with Crippen molar-refractivity contribution in [3.8, 4) is 0 Å². The number of aryl methyl sites for hydroxylation is 1. The summed E-state index contributed by atoms with van der Waals surface area (Å²) >= 11 is 5.84. The van der Waals surface area contributed by atoms with Crippen molar-refractivity contribution in [2.24, 2.45) is 0 Å². The minimum absolute atomic E-state index is 0.630. The van der Waals surface area contributed by atoms with Crippen LogP contribution >= 0.6 is 11.6 Å². The van der Waals surface area contributed by atoms with E-state index in [1.807, 2.05) is 0 Å². The Kier molecular flexibility index (Phi) is 9.02. The van der Waals surface area contributed by atoms with E-state index in [4.69, 9.17) is 11.6 Å². The number of unbranched alkanes of at least 4 members (excludes halogenated alkanes) is 7. The lowest BCUT2D eigenvalue weighted by Gasteiger charge is -2.04. The van der Waals surface area contributed by atoms with Crippen molar-refractivity contribution < 1.29 is 0 Å². The Morgan fingerprint density at radius 1 is 0.833 bits per heavy atom. The van der Waals surface area contributed by atoms with E-state index < -0.39 is 0 Å². The maximum absolute atomic E-state index is 5.84. The molecule has 1 rings (SSSR count). The lowest BCUT2D eigenvalue weighted by atomic mass is 10.0. The molecule has 0 unspecified atom stereocenters. The standard InChI is InChI=1S/C17H27Cl/c1-2-3-4-5-6-7-8-9-11-16-12-10-13-17(14-16)15-18/h10,12-14H,2-9,11,15H2,1H3. The summed E-state index contributed by atoms with van der Waals surface area (Å²) in [6.45, 7) is 2.27. The minimum atomic E-state index is 0.630. The van der Waals surface area contributed by atoms with E-state index in [0.29, 0.717) is 5.88 Å². The molecule has 0 saturated heterocycles. The highest BCUT2D eigenvalue weighted by Crippen LogP contribution is 2.13. The first kappa shape index (κ1) is 15.6. The van der Waals surface area contributed by atoms with Gasteiger partial charge in [-0.2, -0.15) is 0 Å². The van der Waals surface area contributed by atoms with Crippen molar-refractivity contribution in [3.05, 3.63) is 35.4 Å². The lowest BCUT2D eigenvalue weighted by molar-refractivity contribution is 0.575. The molecule has 0 N–H and O–H groups in total. The van der Waals surface area contributed by atoms with E-state index in [1.165, 1.54) is 68.9 Å². The van der Waals surface area contributed by atoms with Crippen molar-refractivity contribution in [2.45, 2.75) is 70.6 Å². The van der Waals surface area contributed by atoms with Crippen LogP contribution < -0.4 is 0 Å². The molecule has 0 amide bonds. The minimum Gasteiger partial charge on any atom is -0.122 e. The van der Waals surface area contributed by atoms with Crippen molar-refractivity contribution >= 4 is 11.6 Å². The van der Waals surface area contributed by atoms with Gasteiger partial charge in [0.05, 0.1) is 0 Å². The fraction of sp³-hybridized carbons (Fsp3) is 0.647. The van der Waals surface area contributed by atoms with Crippen molar-refractivity contribution in [2.75, 3.05) is 0 Å². The Morgan fingerprint density at radius 3 is 2.11 bits per heavy atom. The van der Waals surface area contributed by atoms with Crippen LogP contribution in [0, 0.1) is 0 Å². The predicted octanol–water partition coefficient (Wildman–Crippen LogP) is 6.11. The van der Waals surface area contributed by atoms with E-state index in [0.717, 1.165) is 0 Å². The second-order valence-corrected chi connectivity index (χ2v) is 5.45. The fourth-order valence-corrected chi connectivity index (χ4v) is 2.50. The van der Waals surface area contributed by atoms with E-state index in [1.54, 1.807) is 0 Å². The van der Waals surface area contributed by atoms with Gasteiger partial charge in [0.1, 0.15) is 0 Å². The Morgan fingerprint density at radius 2 is 1.44 bits per heavy atom. The largest absolute Gasteiger partial charge is 0.122 e. The molecular formula is C17H27Cl. The molecule has 0 aromatic heterocycles. The lowest BCUT2D eigenvalue weighted by Crippen LogP contribution is -1.88. The summed E-state index contributed by atoms with van der Waals surface area (Å²) in [6.07, 6.45) is 12.3. The monoisotopic (exact) mass is 266 g/mol. The summed E-state index contributed by atoms with van der Waals surface area (Å²) in [5.41, 5.74) is 2.69. The quantitative estimate of drug-likeness (QED) is 0.354. The number of hydrogen-bond acceptors (Lipinski definition) is 0. The SMILES string of the molecule is CCCCCCCCCCc1cccc(CCl)c1. The van der Waals surface area contributed by atoms with Gasteiger partial charge >= 0.3 is 0 Å². The predicted molar refractivity (Wildman–Crippen MR) is 82.3 cm³/mol. The van der Waals surface area contributed by atoms with Crippen LogP contribution in [0.5, 0.6) is 0 Å². The molecule has 0 aliphatic heterocycles. The molecule has 0 atom stereocenters. The average Bonchev–Trinajstić information content (AvgIpc) is 2.42. The summed E-state index contributed by atoms with van der Waals surface area (Å²) in [7, 11) is 0. The van der Waals surface area contributed by atoms with Gasteiger partial charge in [-0.3, -0.25) is 0 Å². The molecule has 0 heterocycles. The molecule has 0 spiro atoms. The van der Waals surface area contributed by atoms with Gasteiger partial charge in [0, 0.05) is 5.88 Å². The first-order chi connectivity index (χ1) is 8.86. The summed E-state index contributed by atoms with van der Waals surface area (Å²) in [4.78, 5) is 0. The zero-order chi connectivity index (χ0) is 13.1. The number of rotatable bonds is 10. The van der Waals surface area contributed by atoms with Crippen LogP contribution in [0.1, 0.15) is 69.4 Å². The van der Waals surface area contributed by atoms with E-state index in [2.05, 4.69) is 31.2 Å². The van der Waals surface area contributed by atoms with E-state index in [9.17, 15) is 0 Å². The molecule has 0 nitrogen and oxygen atoms in total. The highest BCUT2D eigenvalue weighted by molar-refractivity contribution is 6.17. The smallest absolute Gasteiger partial charge is 0.0474 e. The van der Waals surface area contributed by atoms with Crippen LogP contribution in [-0.4, -0.2) is 0 Å². The molecular weight excluding hydrogens is 240 g/mol. The fourth-order valence-electron chi connectivity index (χ4n) is 2.33. The zero-order valence-electron chi connectivity index (χ0n) is 11.8. The average molecular weight is 267 g/mol. The van der Waals surface area contributed by atoms with Crippen LogP contribution in [0.3, 0.4) is 0 Å². The van der Waals surface area contributed by atoms with Crippen LogP contribution in [-0.2, 0) is 12.3 Å². The van der Waals surface area contributed by atoms with Gasteiger partial charge in [-0.1, -0.05) is 76.1 Å². The van der Waals surface area contributed by atoms with Crippen LogP contribution in [0.4, 0.5) is 0 Å². The first-order valence-electron chi connectivity index (χ1n) is 7.50. The second-order valence-electron chi connectivity index (χ2n) is 5.18. The van der Waals surface area contributed by atoms with Crippen molar-refractivity contribution in [1.29, 1.82) is 0 Å². The molecule has 1 aromatic rings. The molecule has 102 valence electrons. The molecule has 0 aliphatic rings. The van der Waals surface area contributed by atoms with Gasteiger partial charge in [0.2, 0.25) is 0 Å². The Labute approximate surface area is 118 Å². The number of halogens is 1. The number of benzene rings is 1. The summed E-state index contributed by atoms with van der Waals surface area (Å²) in [6, 6.07) is 8.69. The van der Waals surface area contributed by atoms with Gasteiger partial charge in [0.25, 0.3) is 0 Å². The summed E-state index contributed by atoms with van der Waals surface area (Å²) < 4.78 is 0. The Bertz CT molecular complexity index is 306. The third-order valence-electron chi connectivity index (χ3n) is 3.46. The molecule has 0 bridgehead atoms. The maximum atomic E-state index is 5.84. The summed E-state index contributed by atoms with van der Waals surface area (Å²) in [5.74, 6) is 0.630. The van der Waals surface area contributed by atoms with Gasteiger partial charge < -0.3 is 0 Å². The number of alkyl halides is 1. The van der Waals surface area contributed by atoms with Crippen LogP contribution in [0.2, 0.25) is 0 Å². The zero-order valence-corrected chi connectivity index (χ0v) is 12.5. The van der Waals surface area contributed by atoms with Crippen LogP contribution in [0.15, 0.2) is 24.3 Å². The number of hydrogen-bond donors (Lipinski definition) is 0. The third-order valence-corrected chi connectivity index (χ3v) is 3.77.